The van der Waals surface area contributed by atoms with Gasteiger partial charge in [-0.1, -0.05) is 37.5 Å². The average molecular weight is 449 g/mol. The average Bonchev–Trinajstić information content (AvgIpc) is 2.78. The highest BCUT2D eigenvalue weighted by Gasteiger charge is 2.34. The second-order valence-electron chi connectivity index (χ2n) is 7.83. The summed E-state index contributed by atoms with van der Waals surface area (Å²) in [5.74, 6) is -0.250. The molecule has 1 atom stereocenters. The molecule has 0 saturated heterocycles. The van der Waals surface area contributed by atoms with Crippen molar-refractivity contribution >= 4 is 15.9 Å². The van der Waals surface area contributed by atoms with E-state index in [1.807, 2.05) is 31.2 Å². The molecule has 2 aromatic rings. The monoisotopic (exact) mass is 448 g/mol. The van der Waals surface area contributed by atoms with Crippen LogP contribution in [0.3, 0.4) is 0 Å². The van der Waals surface area contributed by atoms with E-state index in [4.69, 9.17) is 4.74 Å². The van der Waals surface area contributed by atoms with E-state index in [0.29, 0.717) is 18.6 Å². The summed E-state index contributed by atoms with van der Waals surface area (Å²) >= 11 is 0. The molecule has 8 heteroatoms. The van der Waals surface area contributed by atoms with Crippen LogP contribution in [0, 0.1) is 5.82 Å². The van der Waals surface area contributed by atoms with Crippen LogP contribution in [0.5, 0.6) is 5.75 Å². The van der Waals surface area contributed by atoms with Crippen molar-refractivity contribution in [1.29, 1.82) is 0 Å². The predicted octanol–water partition coefficient (Wildman–Crippen LogP) is 4.04. The fourth-order valence-electron chi connectivity index (χ4n) is 4.05. The van der Waals surface area contributed by atoms with Crippen LogP contribution in [0.4, 0.5) is 4.39 Å². The minimum atomic E-state index is -3.94. The van der Waals surface area contributed by atoms with Crippen LogP contribution < -0.4 is 10.1 Å². The van der Waals surface area contributed by atoms with E-state index in [2.05, 4.69) is 5.32 Å². The molecule has 0 aromatic heterocycles. The van der Waals surface area contributed by atoms with Crippen LogP contribution in [0.2, 0.25) is 0 Å². The molecule has 1 fully saturated rings. The topological polar surface area (TPSA) is 75.7 Å². The number of rotatable bonds is 8. The molecular formula is C23H29FN2O4S. The molecule has 168 valence electrons. The van der Waals surface area contributed by atoms with Gasteiger partial charge in [0, 0.05) is 11.6 Å². The standard InChI is InChI=1S/C23H29FN2O4S/c1-17(21-10-6-7-11-22(21)30-2)25-23(27)16-26(19-8-4-3-5-9-19)31(28,29)20-14-12-18(24)13-15-20/h6-7,10-15,17,19H,3-5,8-9,16H2,1-2H3,(H,25,27)/t17-/m1/s1. The number of methoxy groups -OCH3 is 1. The van der Waals surface area contributed by atoms with Gasteiger partial charge in [0.2, 0.25) is 15.9 Å². The minimum absolute atomic E-state index is 0.00921. The van der Waals surface area contributed by atoms with Crippen LogP contribution in [0.1, 0.15) is 50.6 Å². The van der Waals surface area contributed by atoms with Crippen molar-refractivity contribution in [1.82, 2.24) is 9.62 Å². The Bertz CT molecular complexity index is 989. The molecule has 0 heterocycles. The van der Waals surface area contributed by atoms with E-state index in [0.717, 1.165) is 37.0 Å². The Morgan fingerprint density at radius 3 is 2.42 bits per heavy atom. The van der Waals surface area contributed by atoms with Crippen molar-refractivity contribution in [2.75, 3.05) is 13.7 Å². The number of hydrogen-bond acceptors (Lipinski definition) is 4. The third kappa shape index (κ3) is 5.62. The molecule has 1 N–H and O–H groups in total. The van der Waals surface area contributed by atoms with E-state index < -0.39 is 21.7 Å². The summed E-state index contributed by atoms with van der Waals surface area (Å²) in [6.07, 6.45) is 4.29. The summed E-state index contributed by atoms with van der Waals surface area (Å²) in [7, 11) is -2.38. The summed E-state index contributed by atoms with van der Waals surface area (Å²) in [5.41, 5.74) is 0.809. The number of carbonyl (C=O) groups is 1. The largest absolute Gasteiger partial charge is 0.496 e. The molecule has 0 spiro atoms. The lowest BCUT2D eigenvalue weighted by Gasteiger charge is -2.33. The van der Waals surface area contributed by atoms with Gasteiger partial charge in [0.05, 0.1) is 24.6 Å². The lowest BCUT2D eigenvalue weighted by Crippen LogP contribution is -2.47. The molecule has 1 amide bonds. The van der Waals surface area contributed by atoms with Gasteiger partial charge in [-0.15, -0.1) is 0 Å². The second kappa shape index (κ2) is 10.2. The Morgan fingerprint density at radius 1 is 1.13 bits per heavy atom. The van der Waals surface area contributed by atoms with E-state index in [-0.39, 0.29) is 23.5 Å². The maximum absolute atomic E-state index is 13.3. The second-order valence-corrected chi connectivity index (χ2v) is 9.72. The van der Waals surface area contributed by atoms with Crippen LogP contribution in [-0.4, -0.2) is 38.3 Å². The molecule has 31 heavy (non-hydrogen) atoms. The van der Waals surface area contributed by atoms with Crippen molar-refractivity contribution in [3.05, 3.63) is 59.9 Å². The van der Waals surface area contributed by atoms with Crippen molar-refractivity contribution in [2.24, 2.45) is 0 Å². The highest BCUT2D eigenvalue weighted by atomic mass is 32.2. The lowest BCUT2D eigenvalue weighted by molar-refractivity contribution is -0.122. The number of benzene rings is 2. The molecule has 0 radical (unpaired) electrons. The Labute approximate surface area is 183 Å². The van der Waals surface area contributed by atoms with Crippen molar-refractivity contribution < 1.29 is 22.3 Å². The number of halogens is 1. The third-order valence-electron chi connectivity index (χ3n) is 5.68. The van der Waals surface area contributed by atoms with Gasteiger partial charge in [0.1, 0.15) is 11.6 Å². The fraction of sp³-hybridized carbons (Fsp3) is 0.435. The zero-order valence-corrected chi connectivity index (χ0v) is 18.7. The quantitative estimate of drug-likeness (QED) is 0.661. The van der Waals surface area contributed by atoms with Gasteiger partial charge in [-0.25, -0.2) is 12.8 Å². The Hall–Kier alpha value is -2.45. The highest BCUT2D eigenvalue weighted by molar-refractivity contribution is 7.89. The van der Waals surface area contributed by atoms with Crippen LogP contribution in [-0.2, 0) is 14.8 Å². The normalized spacial score (nSPS) is 16.1. The van der Waals surface area contributed by atoms with E-state index in [1.165, 1.54) is 16.4 Å². The first-order chi connectivity index (χ1) is 14.8. The summed E-state index contributed by atoms with van der Waals surface area (Å²) in [6, 6.07) is 11.5. The Balaban J connectivity index is 1.81. The number of para-hydroxylation sites is 1. The van der Waals surface area contributed by atoms with Gasteiger partial charge in [-0.2, -0.15) is 4.31 Å². The molecular weight excluding hydrogens is 419 g/mol. The zero-order chi connectivity index (χ0) is 22.4. The lowest BCUT2D eigenvalue weighted by atomic mass is 9.95. The van der Waals surface area contributed by atoms with Gasteiger partial charge >= 0.3 is 0 Å². The number of ether oxygens (including phenoxy) is 1. The third-order valence-corrected chi connectivity index (χ3v) is 7.60. The number of nitrogens with one attached hydrogen (secondary N) is 1. The molecule has 1 saturated carbocycles. The SMILES string of the molecule is COc1ccccc1[C@@H](C)NC(=O)CN(C1CCCCC1)S(=O)(=O)c1ccc(F)cc1. The molecule has 1 aliphatic rings. The van der Waals surface area contributed by atoms with E-state index in [1.54, 1.807) is 7.11 Å². The van der Waals surface area contributed by atoms with Crippen LogP contribution in [0.25, 0.3) is 0 Å². The van der Waals surface area contributed by atoms with Gasteiger partial charge in [-0.05, 0) is 50.1 Å². The molecule has 6 nitrogen and oxygen atoms in total. The molecule has 2 aromatic carbocycles. The summed E-state index contributed by atoms with van der Waals surface area (Å²) in [6.45, 7) is 1.54. The number of nitrogens with zero attached hydrogens (tertiary/aromatic N) is 1. The summed E-state index contributed by atoms with van der Waals surface area (Å²) < 4.78 is 46.6. The van der Waals surface area contributed by atoms with E-state index >= 15 is 0 Å². The van der Waals surface area contributed by atoms with Gasteiger partial charge in [-0.3, -0.25) is 4.79 Å². The number of amides is 1. The van der Waals surface area contributed by atoms with Crippen molar-refractivity contribution in [3.63, 3.8) is 0 Å². The summed E-state index contributed by atoms with van der Waals surface area (Å²) in [5, 5.41) is 2.89. The smallest absolute Gasteiger partial charge is 0.243 e. The molecule has 0 unspecified atom stereocenters. The molecule has 1 aliphatic carbocycles. The first-order valence-corrected chi connectivity index (χ1v) is 12.0. The summed E-state index contributed by atoms with van der Waals surface area (Å²) in [4.78, 5) is 12.9. The highest BCUT2D eigenvalue weighted by Crippen LogP contribution is 2.28. The maximum Gasteiger partial charge on any atom is 0.243 e. The first kappa shape index (κ1) is 23.2. The zero-order valence-electron chi connectivity index (χ0n) is 17.9. The molecule has 3 rings (SSSR count). The first-order valence-electron chi connectivity index (χ1n) is 10.5. The Kier molecular flexibility index (Phi) is 7.67. The predicted molar refractivity (Wildman–Crippen MR) is 117 cm³/mol. The number of hydrogen-bond donors (Lipinski definition) is 1. The van der Waals surface area contributed by atoms with Crippen LogP contribution >= 0.6 is 0 Å². The van der Waals surface area contributed by atoms with Gasteiger partial charge in [0.25, 0.3) is 0 Å². The minimum Gasteiger partial charge on any atom is -0.496 e. The van der Waals surface area contributed by atoms with E-state index in [9.17, 15) is 17.6 Å². The number of carbonyl (C=O) groups excluding carboxylic acids is 1. The number of sulfonamides is 1. The Morgan fingerprint density at radius 2 is 1.77 bits per heavy atom. The fourth-order valence-corrected chi connectivity index (χ4v) is 5.69. The maximum atomic E-state index is 13.3. The molecule has 0 aliphatic heterocycles. The van der Waals surface area contributed by atoms with Crippen LogP contribution in [0.15, 0.2) is 53.4 Å². The van der Waals surface area contributed by atoms with Crippen molar-refractivity contribution in [3.8, 4) is 5.75 Å². The van der Waals surface area contributed by atoms with Gasteiger partial charge < -0.3 is 10.1 Å². The van der Waals surface area contributed by atoms with Gasteiger partial charge in [0.15, 0.2) is 0 Å². The van der Waals surface area contributed by atoms with Crippen molar-refractivity contribution in [2.45, 2.75) is 56.0 Å². The molecule has 0 bridgehead atoms.